The number of anilines is 1. The lowest BCUT2D eigenvalue weighted by molar-refractivity contribution is 0.265. The minimum absolute atomic E-state index is 0.160. The lowest BCUT2D eigenvalue weighted by Crippen LogP contribution is -2.04. The summed E-state index contributed by atoms with van der Waals surface area (Å²) in [6.45, 7) is 7.49. The molecule has 0 aliphatic rings. The van der Waals surface area contributed by atoms with E-state index in [1.54, 1.807) is 18.2 Å². The van der Waals surface area contributed by atoms with Gasteiger partial charge < -0.3 is 14.8 Å². The average molecular weight is 379 g/mol. The third-order valence-electron chi connectivity index (χ3n) is 4.51. The van der Waals surface area contributed by atoms with Crippen molar-refractivity contribution in [2.24, 2.45) is 0 Å². The van der Waals surface area contributed by atoms with E-state index in [-0.39, 0.29) is 12.4 Å². The molecule has 0 heterocycles. The number of nitrogens with one attached hydrogen (secondary N) is 1. The van der Waals surface area contributed by atoms with Gasteiger partial charge in [-0.25, -0.2) is 4.39 Å². The molecule has 0 amide bonds. The second-order valence-electron chi connectivity index (χ2n) is 6.77. The van der Waals surface area contributed by atoms with Crippen LogP contribution in [0, 0.1) is 19.7 Å². The molecule has 0 radical (unpaired) electrons. The summed E-state index contributed by atoms with van der Waals surface area (Å²) >= 11 is 0. The zero-order valence-corrected chi connectivity index (χ0v) is 16.6. The molecule has 0 aliphatic carbocycles. The Labute approximate surface area is 166 Å². The lowest BCUT2D eigenvalue weighted by atomic mass is 10.1. The third-order valence-corrected chi connectivity index (χ3v) is 4.51. The minimum Gasteiger partial charge on any atom is -0.490 e. The number of aryl methyl sites for hydroxylation is 2. The van der Waals surface area contributed by atoms with Crippen molar-refractivity contribution in [3.63, 3.8) is 0 Å². The van der Waals surface area contributed by atoms with Gasteiger partial charge in [0.1, 0.15) is 12.4 Å². The van der Waals surface area contributed by atoms with Gasteiger partial charge in [-0.2, -0.15) is 0 Å². The molecule has 146 valence electrons. The zero-order chi connectivity index (χ0) is 19.9. The number of ether oxygens (including phenoxy) is 2. The van der Waals surface area contributed by atoms with Crippen LogP contribution in [-0.4, -0.2) is 6.61 Å². The van der Waals surface area contributed by atoms with E-state index in [0.717, 1.165) is 11.3 Å². The van der Waals surface area contributed by atoms with Crippen LogP contribution in [-0.2, 0) is 13.2 Å². The van der Waals surface area contributed by atoms with Crippen molar-refractivity contribution in [3.8, 4) is 11.5 Å². The van der Waals surface area contributed by atoms with Crippen molar-refractivity contribution >= 4 is 5.69 Å². The van der Waals surface area contributed by atoms with Crippen molar-refractivity contribution in [1.82, 2.24) is 0 Å². The van der Waals surface area contributed by atoms with Gasteiger partial charge in [0.2, 0.25) is 0 Å². The first-order chi connectivity index (χ1) is 13.6. The normalized spacial score (nSPS) is 10.6. The van der Waals surface area contributed by atoms with E-state index in [2.05, 4.69) is 37.4 Å². The van der Waals surface area contributed by atoms with Crippen LogP contribution in [0.25, 0.3) is 0 Å². The van der Waals surface area contributed by atoms with Crippen LogP contribution < -0.4 is 14.8 Å². The van der Waals surface area contributed by atoms with Gasteiger partial charge in [0.25, 0.3) is 0 Å². The number of hydrogen-bond donors (Lipinski definition) is 1. The topological polar surface area (TPSA) is 30.5 Å². The number of rotatable bonds is 8. The second kappa shape index (κ2) is 9.27. The maximum atomic E-state index is 13.8. The van der Waals surface area contributed by atoms with Gasteiger partial charge in [-0.15, -0.1) is 0 Å². The number of halogens is 1. The molecule has 0 saturated heterocycles. The Morgan fingerprint density at radius 3 is 2.46 bits per heavy atom. The molecule has 0 bridgehead atoms. The molecule has 0 fully saturated rings. The first kappa shape index (κ1) is 19.7. The van der Waals surface area contributed by atoms with Crippen molar-refractivity contribution in [2.75, 3.05) is 11.9 Å². The van der Waals surface area contributed by atoms with E-state index in [1.807, 2.05) is 25.1 Å². The smallest absolute Gasteiger partial charge is 0.161 e. The molecular weight excluding hydrogens is 353 g/mol. The molecule has 3 nitrogen and oxygen atoms in total. The average Bonchev–Trinajstić information content (AvgIpc) is 2.68. The quantitative estimate of drug-likeness (QED) is 0.518. The van der Waals surface area contributed by atoms with E-state index >= 15 is 0 Å². The maximum Gasteiger partial charge on any atom is 0.161 e. The van der Waals surface area contributed by atoms with Gasteiger partial charge in [0, 0.05) is 17.8 Å². The van der Waals surface area contributed by atoms with Crippen LogP contribution in [0.15, 0.2) is 60.7 Å². The third kappa shape index (κ3) is 5.03. The van der Waals surface area contributed by atoms with Crippen LogP contribution in [0.4, 0.5) is 10.1 Å². The Hall–Kier alpha value is -3.01. The van der Waals surface area contributed by atoms with Gasteiger partial charge in [-0.1, -0.05) is 42.0 Å². The fourth-order valence-corrected chi connectivity index (χ4v) is 3.03. The summed E-state index contributed by atoms with van der Waals surface area (Å²) in [7, 11) is 0. The van der Waals surface area contributed by atoms with Crippen molar-refractivity contribution in [3.05, 3.63) is 88.7 Å². The molecule has 28 heavy (non-hydrogen) atoms. The van der Waals surface area contributed by atoms with Crippen LogP contribution >= 0.6 is 0 Å². The van der Waals surface area contributed by atoms with Crippen LogP contribution in [0.2, 0.25) is 0 Å². The Balaban J connectivity index is 1.70. The summed E-state index contributed by atoms with van der Waals surface area (Å²) in [4.78, 5) is 0. The van der Waals surface area contributed by atoms with Crippen LogP contribution in [0.1, 0.15) is 29.2 Å². The fourth-order valence-electron chi connectivity index (χ4n) is 3.03. The first-order valence-corrected chi connectivity index (χ1v) is 9.50. The number of benzene rings is 3. The fraction of sp³-hybridized carbons (Fsp3) is 0.250. The molecule has 3 aromatic carbocycles. The molecule has 4 heteroatoms. The largest absolute Gasteiger partial charge is 0.490 e. The van der Waals surface area contributed by atoms with E-state index in [1.165, 1.54) is 17.2 Å². The van der Waals surface area contributed by atoms with Crippen molar-refractivity contribution in [2.45, 2.75) is 33.9 Å². The van der Waals surface area contributed by atoms with E-state index in [0.29, 0.717) is 30.2 Å². The zero-order valence-electron chi connectivity index (χ0n) is 16.6. The summed E-state index contributed by atoms with van der Waals surface area (Å²) in [5.41, 5.74) is 5.18. The van der Waals surface area contributed by atoms with Gasteiger partial charge in [-0.3, -0.25) is 0 Å². The van der Waals surface area contributed by atoms with Crippen molar-refractivity contribution < 1.29 is 13.9 Å². The highest BCUT2D eigenvalue weighted by molar-refractivity contribution is 5.53. The highest BCUT2D eigenvalue weighted by Crippen LogP contribution is 2.30. The molecule has 0 aliphatic heterocycles. The van der Waals surface area contributed by atoms with Crippen molar-refractivity contribution in [1.29, 1.82) is 0 Å². The Morgan fingerprint density at radius 1 is 0.893 bits per heavy atom. The molecule has 0 unspecified atom stereocenters. The van der Waals surface area contributed by atoms with E-state index in [9.17, 15) is 4.39 Å². The summed E-state index contributed by atoms with van der Waals surface area (Å²) in [6.07, 6.45) is 0. The summed E-state index contributed by atoms with van der Waals surface area (Å²) in [5.74, 6) is 1.01. The predicted octanol–water partition coefficient (Wildman–Crippen LogP) is 6.03. The number of hydrogen-bond acceptors (Lipinski definition) is 3. The molecular formula is C24H26FNO2. The summed E-state index contributed by atoms with van der Waals surface area (Å²) < 4.78 is 25.4. The molecule has 0 atom stereocenters. The maximum absolute atomic E-state index is 13.8. The predicted molar refractivity (Wildman–Crippen MR) is 112 cm³/mol. The van der Waals surface area contributed by atoms with Gasteiger partial charge in [0.05, 0.1) is 6.61 Å². The summed E-state index contributed by atoms with van der Waals surface area (Å²) in [5, 5.41) is 3.46. The molecule has 0 spiro atoms. The van der Waals surface area contributed by atoms with E-state index in [4.69, 9.17) is 9.47 Å². The highest BCUT2D eigenvalue weighted by Gasteiger charge is 2.09. The minimum atomic E-state index is -0.269. The summed E-state index contributed by atoms with van der Waals surface area (Å²) in [6, 6.07) is 18.8. The second-order valence-corrected chi connectivity index (χ2v) is 6.77. The van der Waals surface area contributed by atoms with Gasteiger partial charge in [-0.05, 0) is 56.2 Å². The monoisotopic (exact) mass is 379 g/mol. The van der Waals surface area contributed by atoms with Gasteiger partial charge >= 0.3 is 0 Å². The first-order valence-electron chi connectivity index (χ1n) is 9.50. The van der Waals surface area contributed by atoms with Crippen LogP contribution in [0.5, 0.6) is 11.5 Å². The molecule has 3 aromatic rings. The Bertz CT molecular complexity index is 940. The van der Waals surface area contributed by atoms with E-state index < -0.39 is 0 Å². The Kier molecular flexibility index (Phi) is 6.53. The van der Waals surface area contributed by atoms with Gasteiger partial charge in [0.15, 0.2) is 11.5 Å². The molecule has 3 rings (SSSR count). The standard InChI is InChI=1S/C24H26FNO2/c1-4-27-24-14-19(15-26-22-11-9-17(2)13-18(22)3)10-12-23(24)28-16-20-7-5-6-8-21(20)25/h5-14,26H,4,15-16H2,1-3H3. The lowest BCUT2D eigenvalue weighted by Gasteiger charge is -2.15. The van der Waals surface area contributed by atoms with Crippen LogP contribution in [0.3, 0.4) is 0 Å². The SMILES string of the molecule is CCOc1cc(CNc2ccc(C)cc2C)ccc1OCc1ccccc1F. The Morgan fingerprint density at radius 2 is 1.71 bits per heavy atom. The molecule has 0 saturated carbocycles. The molecule has 1 N–H and O–H groups in total. The molecule has 0 aromatic heterocycles. The highest BCUT2D eigenvalue weighted by atomic mass is 19.1.